The molecule has 0 bridgehead atoms. The minimum atomic E-state index is -0.339. The Kier molecular flexibility index (Phi) is 12.7. The largest absolute Gasteiger partial charge is 0.489 e. The summed E-state index contributed by atoms with van der Waals surface area (Å²) in [5, 5.41) is 0. The van der Waals surface area contributed by atoms with E-state index in [4.69, 9.17) is 4.74 Å². The van der Waals surface area contributed by atoms with Crippen molar-refractivity contribution in [2.75, 3.05) is 6.61 Å². The van der Waals surface area contributed by atoms with Gasteiger partial charge in [0.2, 0.25) is 0 Å². The number of ether oxygens (including phenoxy) is 1. The molecule has 4 aromatic rings. The highest BCUT2D eigenvalue weighted by molar-refractivity contribution is 9.11. The van der Waals surface area contributed by atoms with Crippen molar-refractivity contribution < 1.29 is 9.13 Å². The zero-order valence-corrected chi connectivity index (χ0v) is 28.4. The molecule has 1 aromatic carbocycles. The van der Waals surface area contributed by atoms with Crippen LogP contribution in [0, 0.1) is 11.7 Å². The maximum Gasteiger partial charge on any atom is 0.176 e. The first-order valence-electron chi connectivity index (χ1n) is 14.1. The van der Waals surface area contributed by atoms with Gasteiger partial charge in [-0.3, -0.25) is 0 Å². The Morgan fingerprint density at radius 1 is 0.744 bits per heavy atom. The summed E-state index contributed by atoms with van der Waals surface area (Å²) in [6.07, 6.45) is 14.9. The summed E-state index contributed by atoms with van der Waals surface area (Å²) in [5.74, 6) is 0.387. The number of halogens is 3. The molecule has 0 aliphatic heterocycles. The molecule has 9 heteroatoms. The van der Waals surface area contributed by atoms with E-state index in [2.05, 4.69) is 54.5 Å². The molecule has 212 valence electrons. The molecule has 3 nitrogen and oxygen atoms in total. The van der Waals surface area contributed by atoms with E-state index < -0.39 is 0 Å². The van der Waals surface area contributed by atoms with E-state index in [9.17, 15) is 0 Å². The zero-order chi connectivity index (χ0) is 27.6. The topological polar surface area (TPSA) is 35.0 Å². The quantitative estimate of drug-likeness (QED) is 0.102. The predicted molar refractivity (Wildman–Crippen MR) is 175 cm³/mol. The van der Waals surface area contributed by atoms with E-state index in [1.807, 2.05) is 24.3 Å². The smallest absolute Gasteiger partial charge is 0.176 e. The van der Waals surface area contributed by atoms with Gasteiger partial charge in [0.1, 0.15) is 11.0 Å². The van der Waals surface area contributed by atoms with E-state index in [-0.39, 0.29) is 5.82 Å². The number of hydrogen-bond donors (Lipinski definition) is 0. The average molecular weight is 717 g/mol. The van der Waals surface area contributed by atoms with Crippen LogP contribution in [0.5, 0.6) is 5.75 Å². The van der Waals surface area contributed by atoms with E-state index in [0.29, 0.717) is 34.9 Å². The number of fused-ring (bicyclic) bond motifs is 1. The van der Waals surface area contributed by atoms with Crippen LogP contribution in [-0.4, -0.2) is 15.4 Å². The van der Waals surface area contributed by atoms with Crippen LogP contribution < -0.4 is 4.74 Å². The highest BCUT2D eigenvalue weighted by atomic mass is 79.9. The van der Waals surface area contributed by atoms with Crippen LogP contribution in [0.2, 0.25) is 0 Å². The number of hydrogen-bond acceptors (Lipinski definition) is 6. The second kappa shape index (κ2) is 15.9. The van der Waals surface area contributed by atoms with Crippen LogP contribution in [0.1, 0.15) is 90.9 Å². The molecule has 0 aliphatic rings. The summed E-state index contributed by atoms with van der Waals surface area (Å²) in [4.78, 5) is 1.76. The molecular weight excluding hydrogens is 679 g/mol. The fraction of sp³-hybridized carbons (Fsp3) is 0.533. The second-order valence-electron chi connectivity index (χ2n) is 10.1. The van der Waals surface area contributed by atoms with Gasteiger partial charge in [0, 0.05) is 9.75 Å². The number of rotatable bonds is 17. The molecule has 3 aromatic heterocycles. The van der Waals surface area contributed by atoms with Crippen LogP contribution in [0.25, 0.3) is 31.9 Å². The molecule has 0 fully saturated rings. The highest BCUT2D eigenvalue weighted by Crippen LogP contribution is 2.48. The molecule has 0 saturated carbocycles. The van der Waals surface area contributed by atoms with Crippen molar-refractivity contribution >= 4 is 77.3 Å². The average Bonchev–Trinajstić information content (AvgIpc) is 3.68. The standard InChI is InChI=1S/C30H37Br2FN2OS3/c1-3-5-7-9-10-12-14-20(13-11-8-6-4-2)19-36-30-26(22-16-18-24(32)38-22)29-28(34-39-35-29)25(27(30)33)21-15-17-23(31)37-21/h15-18,20H,3-14,19H2,1-2H3. The first-order chi connectivity index (χ1) is 19.0. The van der Waals surface area contributed by atoms with Gasteiger partial charge in [-0.2, -0.15) is 8.75 Å². The van der Waals surface area contributed by atoms with Crippen LogP contribution in [0.3, 0.4) is 0 Å². The normalized spacial score (nSPS) is 12.4. The van der Waals surface area contributed by atoms with Crippen molar-refractivity contribution in [2.24, 2.45) is 5.92 Å². The second-order valence-corrected chi connectivity index (χ2v) is 15.6. The molecule has 0 amide bonds. The van der Waals surface area contributed by atoms with Crippen molar-refractivity contribution in [1.29, 1.82) is 0 Å². The Bertz CT molecular complexity index is 1320. The minimum absolute atomic E-state index is 0.311. The molecule has 0 radical (unpaired) electrons. The maximum absolute atomic E-state index is 16.6. The fourth-order valence-electron chi connectivity index (χ4n) is 5.02. The third-order valence-corrected chi connectivity index (χ3v) is 11.0. The van der Waals surface area contributed by atoms with Crippen molar-refractivity contribution in [3.8, 4) is 26.6 Å². The van der Waals surface area contributed by atoms with Gasteiger partial charge in [-0.1, -0.05) is 78.1 Å². The van der Waals surface area contributed by atoms with Gasteiger partial charge in [-0.05, 0) is 74.9 Å². The molecule has 0 aliphatic carbocycles. The zero-order valence-electron chi connectivity index (χ0n) is 22.7. The Labute approximate surface area is 261 Å². The Balaban J connectivity index is 1.64. The lowest BCUT2D eigenvalue weighted by molar-refractivity contribution is 0.218. The summed E-state index contributed by atoms with van der Waals surface area (Å²) in [5.41, 5.74) is 2.51. The predicted octanol–water partition coefficient (Wildman–Crippen LogP) is 12.5. The molecule has 0 saturated heterocycles. The summed E-state index contributed by atoms with van der Waals surface area (Å²) in [7, 11) is 0. The monoisotopic (exact) mass is 714 g/mol. The van der Waals surface area contributed by atoms with E-state index in [1.165, 1.54) is 75.5 Å². The molecule has 0 spiro atoms. The van der Waals surface area contributed by atoms with Crippen molar-refractivity contribution in [3.63, 3.8) is 0 Å². The van der Waals surface area contributed by atoms with Crippen molar-refractivity contribution in [1.82, 2.24) is 8.75 Å². The molecular formula is C30H37Br2FN2OS3. The Morgan fingerprint density at radius 3 is 1.82 bits per heavy atom. The van der Waals surface area contributed by atoms with E-state index in [1.54, 1.807) is 11.3 Å². The van der Waals surface area contributed by atoms with E-state index >= 15 is 4.39 Å². The summed E-state index contributed by atoms with van der Waals surface area (Å²) in [6, 6.07) is 7.89. The first-order valence-corrected chi connectivity index (χ1v) is 18.1. The van der Waals surface area contributed by atoms with Gasteiger partial charge in [0.25, 0.3) is 0 Å². The number of nitrogens with zero attached hydrogens (tertiary/aromatic N) is 2. The summed E-state index contributed by atoms with van der Waals surface area (Å²) < 4.78 is 34.2. The lowest BCUT2D eigenvalue weighted by atomic mass is 9.95. The SMILES string of the molecule is CCCCCCCCC(CCCCCC)COc1c(F)c(-c2ccc(Br)s2)c2nsnc2c1-c1ccc(Br)s1. The third kappa shape index (κ3) is 8.34. The molecule has 4 rings (SSSR count). The highest BCUT2D eigenvalue weighted by Gasteiger charge is 2.28. The van der Waals surface area contributed by atoms with Gasteiger partial charge in [-0.25, -0.2) is 4.39 Å². The third-order valence-electron chi connectivity index (χ3n) is 7.14. The Hall–Kier alpha value is -0.870. The van der Waals surface area contributed by atoms with Crippen LogP contribution in [-0.2, 0) is 0 Å². The number of unbranched alkanes of at least 4 members (excludes halogenated alkanes) is 8. The van der Waals surface area contributed by atoms with Gasteiger partial charge >= 0.3 is 0 Å². The Morgan fingerprint density at radius 2 is 1.26 bits per heavy atom. The van der Waals surface area contributed by atoms with Crippen LogP contribution >= 0.6 is 66.3 Å². The van der Waals surface area contributed by atoms with Gasteiger partial charge < -0.3 is 4.74 Å². The van der Waals surface area contributed by atoms with Gasteiger partial charge in [-0.15, -0.1) is 22.7 Å². The molecule has 1 atom stereocenters. The van der Waals surface area contributed by atoms with Crippen molar-refractivity contribution in [2.45, 2.75) is 90.9 Å². The molecule has 39 heavy (non-hydrogen) atoms. The molecule has 1 unspecified atom stereocenters. The minimum Gasteiger partial charge on any atom is -0.489 e. The van der Waals surface area contributed by atoms with Crippen LogP contribution in [0.4, 0.5) is 4.39 Å². The number of benzene rings is 1. The van der Waals surface area contributed by atoms with Gasteiger partial charge in [0.15, 0.2) is 11.6 Å². The number of aromatic nitrogens is 2. The lowest BCUT2D eigenvalue weighted by Crippen LogP contribution is -2.14. The van der Waals surface area contributed by atoms with Gasteiger partial charge in [0.05, 0.1) is 37.0 Å². The lowest BCUT2D eigenvalue weighted by Gasteiger charge is -2.20. The summed E-state index contributed by atoms with van der Waals surface area (Å²) in [6.45, 7) is 5.03. The summed E-state index contributed by atoms with van der Waals surface area (Å²) >= 11 is 11.3. The fourth-order valence-corrected chi connectivity index (χ4v) is 8.44. The molecule has 3 heterocycles. The van der Waals surface area contributed by atoms with E-state index in [0.717, 1.165) is 47.5 Å². The van der Waals surface area contributed by atoms with Crippen molar-refractivity contribution in [3.05, 3.63) is 37.7 Å². The maximum atomic E-state index is 16.6. The first kappa shape index (κ1) is 31.1. The van der Waals surface area contributed by atoms with Crippen LogP contribution in [0.15, 0.2) is 31.8 Å². The molecule has 0 N–H and O–H groups in total. The number of thiophene rings is 2.